The SMILES string of the molecule is COc1ccc(C2CN(C(=O)c3cccc4ccccc34)C3NC=CC=C23)cc1OC. The minimum atomic E-state index is -0.172. The fraction of sp³-hybridized carbons (Fsp3) is 0.192. The van der Waals surface area contributed by atoms with E-state index in [2.05, 4.69) is 11.4 Å². The van der Waals surface area contributed by atoms with Crippen molar-refractivity contribution >= 4 is 16.7 Å². The van der Waals surface area contributed by atoms with Gasteiger partial charge in [0, 0.05) is 18.0 Å². The van der Waals surface area contributed by atoms with Gasteiger partial charge < -0.3 is 19.7 Å². The van der Waals surface area contributed by atoms with Gasteiger partial charge >= 0.3 is 0 Å². The minimum Gasteiger partial charge on any atom is -0.493 e. The van der Waals surface area contributed by atoms with E-state index < -0.39 is 0 Å². The monoisotopic (exact) mass is 412 g/mol. The van der Waals surface area contributed by atoms with Gasteiger partial charge in [0.1, 0.15) is 6.17 Å². The third kappa shape index (κ3) is 3.22. The molecule has 3 aromatic carbocycles. The lowest BCUT2D eigenvalue weighted by molar-refractivity contribution is 0.0734. The zero-order valence-corrected chi connectivity index (χ0v) is 17.5. The Morgan fingerprint density at radius 3 is 2.65 bits per heavy atom. The van der Waals surface area contributed by atoms with Gasteiger partial charge in [-0.15, -0.1) is 0 Å². The summed E-state index contributed by atoms with van der Waals surface area (Å²) >= 11 is 0. The van der Waals surface area contributed by atoms with Gasteiger partial charge in [-0.1, -0.05) is 48.5 Å². The summed E-state index contributed by atoms with van der Waals surface area (Å²) in [6.45, 7) is 0.586. The maximum Gasteiger partial charge on any atom is 0.256 e. The number of amides is 1. The fourth-order valence-corrected chi connectivity index (χ4v) is 4.61. The molecule has 156 valence electrons. The number of carbonyl (C=O) groups is 1. The molecule has 5 heteroatoms. The van der Waals surface area contributed by atoms with E-state index in [0.717, 1.165) is 21.9 Å². The largest absolute Gasteiger partial charge is 0.493 e. The van der Waals surface area contributed by atoms with Crippen LogP contribution in [0.15, 0.2) is 84.6 Å². The molecule has 1 fully saturated rings. The third-order valence-electron chi connectivity index (χ3n) is 6.14. The predicted molar refractivity (Wildman–Crippen MR) is 121 cm³/mol. The number of hydrogen-bond donors (Lipinski definition) is 1. The molecular weight excluding hydrogens is 388 g/mol. The van der Waals surface area contributed by atoms with Gasteiger partial charge in [0.15, 0.2) is 11.5 Å². The molecule has 5 rings (SSSR count). The van der Waals surface area contributed by atoms with E-state index in [1.165, 1.54) is 5.57 Å². The lowest BCUT2D eigenvalue weighted by Gasteiger charge is -2.27. The Balaban J connectivity index is 1.54. The molecule has 0 aromatic heterocycles. The fourth-order valence-electron chi connectivity index (χ4n) is 4.61. The summed E-state index contributed by atoms with van der Waals surface area (Å²) in [5, 5.41) is 5.42. The molecule has 1 N–H and O–H groups in total. The van der Waals surface area contributed by atoms with Crippen molar-refractivity contribution in [2.24, 2.45) is 0 Å². The summed E-state index contributed by atoms with van der Waals surface area (Å²) in [6, 6.07) is 19.9. The number of methoxy groups -OCH3 is 2. The number of ether oxygens (including phenoxy) is 2. The minimum absolute atomic E-state index is 0.0264. The van der Waals surface area contributed by atoms with Gasteiger partial charge in [-0.25, -0.2) is 0 Å². The number of hydrogen-bond acceptors (Lipinski definition) is 4. The molecule has 31 heavy (non-hydrogen) atoms. The second-order valence-corrected chi connectivity index (χ2v) is 7.75. The zero-order chi connectivity index (χ0) is 21.4. The number of nitrogens with one attached hydrogen (secondary N) is 1. The number of fused-ring (bicyclic) bond motifs is 2. The number of allylic oxidation sites excluding steroid dienone is 2. The molecule has 0 radical (unpaired) electrons. The molecule has 1 amide bonds. The summed E-state index contributed by atoms with van der Waals surface area (Å²) in [7, 11) is 3.27. The highest BCUT2D eigenvalue weighted by atomic mass is 16.5. The Labute approximate surface area is 181 Å². The maximum absolute atomic E-state index is 13.7. The number of dihydropyridines is 1. The number of rotatable bonds is 4. The molecule has 1 saturated heterocycles. The van der Waals surface area contributed by atoms with Gasteiger partial charge in [0.25, 0.3) is 5.91 Å². The molecule has 2 aliphatic heterocycles. The third-order valence-corrected chi connectivity index (χ3v) is 6.14. The van der Waals surface area contributed by atoms with Crippen molar-refractivity contribution in [1.82, 2.24) is 10.2 Å². The van der Waals surface area contributed by atoms with Crippen molar-refractivity contribution < 1.29 is 14.3 Å². The molecule has 0 aliphatic carbocycles. The summed E-state index contributed by atoms with van der Waals surface area (Å²) in [6.07, 6.45) is 5.83. The first-order valence-electron chi connectivity index (χ1n) is 10.3. The van der Waals surface area contributed by atoms with Gasteiger partial charge in [-0.2, -0.15) is 0 Å². The second kappa shape index (κ2) is 7.84. The van der Waals surface area contributed by atoms with Crippen molar-refractivity contribution in [3.05, 3.63) is 95.7 Å². The highest BCUT2D eigenvalue weighted by Crippen LogP contribution is 2.41. The van der Waals surface area contributed by atoms with Crippen LogP contribution in [0.25, 0.3) is 10.8 Å². The predicted octanol–water partition coefficient (Wildman–Crippen LogP) is 4.47. The Morgan fingerprint density at radius 1 is 1.00 bits per heavy atom. The smallest absolute Gasteiger partial charge is 0.256 e. The Hall–Kier alpha value is -3.73. The quantitative estimate of drug-likeness (QED) is 0.687. The molecule has 0 saturated carbocycles. The summed E-state index contributed by atoms with van der Waals surface area (Å²) < 4.78 is 10.9. The van der Waals surface area contributed by atoms with E-state index in [0.29, 0.717) is 18.0 Å². The molecule has 2 heterocycles. The lowest BCUT2D eigenvalue weighted by atomic mass is 9.91. The van der Waals surface area contributed by atoms with Crippen LogP contribution < -0.4 is 14.8 Å². The molecule has 2 atom stereocenters. The van der Waals surface area contributed by atoms with Crippen LogP contribution in [0.5, 0.6) is 11.5 Å². The van der Waals surface area contributed by atoms with Gasteiger partial charge in [-0.3, -0.25) is 4.79 Å². The maximum atomic E-state index is 13.7. The number of carbonyl (C=O) groups excluding carboxylic acids is 1. The van der Waals surface area contributed by atoms with E-state index in [1.807, 2.05) is 77.8 Å². The van der Waals surface area contributed by atoms with Crippen LogP contribution in [-0.4, -0.2) is 37.7 Å². The normalized spacial score (nSPS) is 19.5. The summed E-state index contributed by atoms with van der Waals surface area (Å²) in [5.74, 6) is 1.48. The lowest BCUT2D eigenvalue weighted by Crippen LogP contribution is -2.44. The zero-order valence-electron chi connectivity index (χ0n) is 17.5. The van der Waals surface area contributed by atoms with Crippen LogP contribution in [0.1, 0.15) is 21.8 Å². The Kier molecular flexibility index (Phi) is 4.86. The average Bonchev–Trinajstić information content (AvgIpc) is 3.22. The summed E-state index contributed by atoms with van der Waals surface area (Å²) in [4.78, 5) is 15.6. The second-order valence-electron chi connectivity index (χ2n) is 7.75. The molecule has 5 nitrogen and oxygen atoms in total. The van der Waals surface area contributed by atoms with E-state index >= 15 is 0 Å². The molecular formula is C26H24N2O3. The molecule has 0 bridgehead atoms. The van der Waals surface area contributed by atoms with Crippen molar-refractivity contribution in [2.45, 2.75) is 12.1 Å². The average molecular weight is 412 g/mol. The van der Waals surface area contributed by atoms with E-state index in [4.69, 9.17) is 9.47 Å². The van der Waals surface area contributed by atoms with Crippen LogP contribution in [-0.2, 0) is 0 Å². The van der Waals surface area contributed by atoms with Crippen molar-refractivity contribution in [1.29, 1.82) is 0 Å². The topological polar surface area (TPSA) is 50.8 Å². The molecule has 2 aliphatic rings. The first-order valence-corrected chi connectivity index (χ1v) is 10.3. The van der Waals surface area contributed by atoms with Gasteiger partial charge in [0.05, 0.1) is 14.2 Å². The van der Waals surface area contributed by atoms with Crippen molar-refractivity contribution in [3.8, 4) is 11.5 Å². The number of benzene rings is 3. The van der Waals surface area contributed by atoms with Crippen molar-refractivity contribution in [2.75, 3.05) is 20.8 Å². The highest BCUT2D eigenvalue weighted by Gasteiger charge is 2.41. The van der Waals surface area contributed by atoms with Crippen LogP contribution in [0.4, 0.5) is 0 Å². The Bertz CT molecular complexity index is 1210. The van der Waals surface area contributed by atoms with E-state index in [9.17, 15) is 4.79 Å². The van der Waals surface area contributed by atoms with E-state index in [1.54, 1.807) is 14.2 Å². The van der Waals surface area contributed by atoms with Crippen LogP contribution >= 0.6 is 0 Å². The molecule has 0 spiro atoms. The van der Waals surface area contributed by atoms with Gasteiger partial charge in [-0.05, 0) is 52.4 Å². The van der Waals surface area contributed by atoms with Crippen molar-refractivity contribution in [3.63, 3.8) is 0 Å². The summed E-state index contributed by atoms with van der Waals surface area (Å²) in [5.41, 5.74) is 2.99. The first kappa shape index (κ1) is 19.2. The van der Waals surface area contributed by atoms with Crippen LogP contribution in [0.3, 0.4) is 0 Å². The van der Waals surface area contributed by atoms with Crippen LogP contribution in [0.2, 0.25) is 0 Å². The number of nitrogens with zero attached hydrogens (tertiary/aromatic N) is 1. The molecule has 2 unspecified atom stereocenters. The van der Waals surface area contributed by atoms with E-state index in [-0.39, 0.29) is 18.0 Å². The molecule has 3 aromatic rings. The standard InChI is InChI=1S/C26H24N2O3/c1-30-23-13-12-18(15-24(23)31-2)22-16-28(25-20(22)11-6-14-27-25)26(29)21-10-5-8-17-7-3-4-9-19(17)21/h3-15,22,25,27H,16H2,1-2H3. The van der Waals surface area contributed by atoms with Crippen LogP contribution in [0, 0.1) is 0 Å². The first-order chi connectivity index (χ1) is 15.2. The highest BCUT2D eigenvalue weighted by molar-refractivity contribution is 6.07. The number of likely N-dealkylation sites (tertiary alicyclic amines) is 1. The van der Waals surface area contributed by atoms with Gasteiger partial charge in [0.2, 0.25) is 0 Å². The Morgan fingerprint density at radius 2 is 1.81 bits per heavy atom.